The number of hydrogen-bond donors (Lipinski definition) is 1. The normalized spacial score (nSPS) is 14.0. The van der Waals surface area contributed by atoms with Crippen LogP contribution in [0.15, 0.2) is 18.6 Å². The SMILES string of the molecule is CCCC(C)(N)C(=O)N(C)CCc1cnccn1. The van der Waals surface area contributed by atoms with E-state index in [0.717, 1.165) is 12.1 Å². The summed E-state index contributed by atoms with van der Waals surface area (Å²) >= 11 is 0. The molecule has 0 radical (unpaired) electrons. The molecular weight excluding hydrogens is 228 g/mol. The summed E-state index contributed by atoms with van der Waals surface area (Å²) in [4.78, 5) is 22.0. The van der Waals surface area contributed by atoms with Gasteiger partial charge in [-0.1, -0.05) is 13.3 Å². The number of amides is 1. The fourth-order valence-corrected chi connectivity index (χ4v) is 1.91. The second-order valence-corrected chi connectivity index (χ2v) is 4.84. The van der Waals surface area contributed by atoms with Crippen LogP contribution in [-0.4, -0.2) is 39.9 Å². The number of nitrogens with zero attached hydrogens (tertiary/aromatic N) is 3. The summed E-state index contributed by atoms with van der Waals surface area (Å²) in [7, 11) is 1.78. The Morgan fingerprint density at radius 2 is 2.22 bits per heavy atom. The summed E-state index contributed by atoms with van der Waals surface area (Å²) < 4.78 is 0. The zero-order chi connectivity index (χ0) is 13.6. The Labute approximate surface area is 108 Å². The molecule has 0 aliphatic rings. The van der Waals surface area contributed by atoms with Gasteiger partial charge in [-0.15, -0.1) is 0 Å². The molecule has 1 aromatic heterocycles. The number of carbonyl (C=O) groups excluding carboxylic acids is 1. The van der Waals surface area contributed by atoms with Crippen LogP contribution < -0.4 is 5.73 Å². The molecule has 0 fully saturated rings. The third-order valence-electron chi connectivity index (χ3n) is 2.92. The molecule has 5 heteroatoms. The number of carbonyl (C=O) groups is 1. The van der Waals surface area contributed by atoms with Crippen molar-refractivity contribution in [3.63, 3.8) is 0 Å². The standard InChI is InChI=1S/C13H22N4O/c1-4-6-13(2,14)12(18)17(3)9-5-11-10-15-7-8-16-11/h7-8,10H,4-6,9,14H2,1-3H3. The van der Waals surface area contributed by atoms with E-state index in [-0.39, 0.29) is 5.91 Å². The molecule has 0 saturated heterocycles. The maximum absolute atomic E-state index is 12.1. The molecule has 0 aliphatic heterocycles. The van der Waals surface area contributed by atoms with Crippen molar-refractivity contribution < 1.29 is 4.79 Å². The van der Waals surface area contributed by atoms with Crippen molar-refractivity contribution in [3.05, 3.63) is 24.3 Å². The minimum Gasteiger partial charge on any atom is -0.344 e. The summed E-state index contributed by atoms with van der Waals surface area (Å²) in [6.45, 7) is 4.42. The van der Waals surface area contributed by atoms with E-state index in [1.807, 2.05) is 6.92 Å². The summed E-state index contributed by atoms with van der Waals surface area (Å²) in [5.74, 6) is -0.0201. The molecule has 1 atom stereocenters. The first kappa shape index (κ1) is 14.6. The lowest BCUT2D eigenvalue weighted by Gasteiger charge is -2.28. The first-order chi connectivity index (χ1) is 8.47. The van der Waals surface area contributed by atoms with Crippen molar-refractivity contribution in [3.8, 4) is 0 Å². The van der Waals surface area contributed by atoms with Gasteiger partial charge in [-0.3, -0.25) is 14.8 Å². The molecule has 0 spiro atoms. The Morgan fingerprint density at radius 1 is 1.50 bits per heavy atom. The molecule has 18 heavy (non-hydrogen) atoms. The average molecular weight is 250 g/mol. The van der Waals surface area contributed by atoms with Crippen molar-refractivity contribution in [1.29, 1.82) is 0 Å². The number of hydrogen-bond acceptors (Lipinski definition) is 4. The molecule has 5 nitrogen and oxygen atoms in total. The van der Waals surface area contributed by atoms with Gasteiger partial charge in [0.1, 0.15) is 0 Å². The first-order valence-corrected chi connectivity index (χ1v) is 6.26. The van der Waals surface area contributed by atoms with Gasteiger partial charge < -0.3 is 10.6 Å². The second kappa shape index (κ2) is 6.44. The molecule has 1 unspecified atom stereocenters. The van der Waals surface area contributed by atoms with Crippen LogP contribution in [0.25, 0.3) is 0 Å². The predicted octanol–water partition coefficient (Wildman–Crippen LogP) is 0.995. The van der Waals surface area contributed by atoms with Crippen LogP contribution in [0.2, 0.25) is 0 Å². The van der Waals surface area contributed by atoms with Crippen LogP contribution in [0.5, 0.6) is 0 Å². The van der Waals surface area contributed by atoms with Gasteiger partial charge in [0.2, 0.25) is 5.91 Å². The fraction of sp³-hybridized carbons (Fsp3) is 0.615. The second-order valence-electron chi connectivity index (χ2n) is 4.84. The van der Waals surface area contributed by atoms with E-state index in [1.54, 1.807) is 37.5 Å². The topological polar surface area (TPSA) is 72.1 Å². The van der Waals surface area contributed by atoms with Crippen LogP contribution in [0.1, 0.15) is 32.4 Å². The third kappa shape index (κ3) is 4.07. The molecule has 0 aromatic carbocycles. The lowest BCUT2D eigenvalue weighted by Crippen LogP contribution is -2.52. The van der Waals surface area contributed by atoms with Gasteiger partial charge in [0.25, 0.3) is 0 Å². The molecule has 1 rings (SSSR count). The van der Waals surface area contributed by atoms with Gasteiger partial charge in [-0.25, -0.2) is 0 Å². The van der Waals surface area contributed by atoms with E-state index >= 15 is 0 Å². The zero-order valence-electron chi connectivity index (χ0n) is 11.4. The van der Waals surface area contributed by atoms with Crippen molar-refractivity contribution in [2.75, 3.05) is 13.6 Å². The highest BCUT2D eigenvalue weighted by molar-refractivity contribution is 5.85. The number of likely N-dealkylation sites (N-methyl/N-ethyl adjacent to an activating group) is 1. The monoisotopic (exact) mass is 250 g/mol. The number of nitrogens with two attached hydrogens (primary N) is 1. The number of rotatable bonds is 6. The van der Waals surface area contributed by atoms with Gasteiger partial charge in [-0.05, 0) is 13.3 Å². The Hall–Kier alpha value is -1.49. The minimum atomic E-state index is -0.772. The molecular formula is C13H22N4O. The van der Waals surface area contributed by atoms with E-state index in [0.29, 0.717) is 19.4 Å². The molecule has 0 bridgehead atoms. The largest absolute Gasteiger partial charge is 0.344 e. The Bertz CT molecular complexity index is 378. The van der Waals surface area contributed by atoms with E-state index in [4.69, 9.17) is 5.73 Å². The first-order valence-electron chi connectivity index (χ1n) is 6.26. The van der Waals surface area contributed by atoms with Crippen LogP contribution in [0, 0.1) is 0 Å². The Kier molecular flexibility index (Phi) is 5.22. The zero-order valence-corrected chi connectivity index (χ0v) is 11.4. The summed E-state index contributed by atoms with van der Waals surface area (Å²) in [6, 6.07) is 0. The maximum Gasteiger partial charge on any atom is 0.242 e. The third-order valence-corrected chi connectivity index (χ3v) is 2.92. The van der Waals surface area contributed by atoms with Crippen molar-refractivity contribution in [1.82, 2.24) is 14.9 Å². The van der Waals surface area contributed by atoms with Gasteiger partial charge in [0.05, 0.1) is 11.2 Å². The predicted molar refractivity (Wildman–Crippen MR) is 70.9 cm³/mol. The molecule has 1 amide bonds. The highest BCUT2D eigenvalue weighted by Crippen LogP contribution is 2.12. The van der Waals surface area contributed by atoms with Crippen molar-refractivity contribution >= 4 is 5.91 Å². The van der Waals surface area contributed by atoms with E-state index in [1.165, 1.54) is 0 Å². The van der Waals surface area contributed by atoms with Crippen molar-refractivity contribution in [2.45, 2.75) is 38.6 Å². The summed E-state index contributed by atoms with van der Waals surface area (Å²) in [6.07, 6.45) is 7.29. The minimum absolute atomic E-state index is 0.0201. The van der Waals surface area contributed by atoms with Crippen LogP contribution in [-0.2, 0) is 11.2 Å². The highest BCUT2D eigenvalue weighted by Gasteiger charge is 2.29. The van der Waals surface area contributed by atoms with Crippen LogP contribution >= 0.6 is 0 Å². The maximum atomic E-state index is 12.1. The lowest BCUT2D eigenvalue weighted by atomic mass is 9.96. The molecule has 2 N–H and O–H groups in total. The highest BCUT2D eigenvalue weighted by atomic mass is 16.2. The summed E-state index contributed by atoms with van der Waals surface area (Å²) in [5.41, 5.74) is 6.13. The quantitative estimate of drug-likeness (QED) is 0.817. The Balaban J connectivity index is 2.50. The van der Waals surface area contributed by atoms with Gasteiger partial charge in [-0.2, -0.15) is 0 Å². The smallest absolute Gasteiger partial charge is 0.242 e. The van der Waals surface area contributed by atoms with Crippen molar-refractivity contribution in [2.24, 2.45) is 5.73 Å². The lowest BCUT2D eigenvalue weighted by molar-refractivity contribution is -0.135. The van der Waals surface area contributed by atoms with Gasteiger partial charge in [0, 0.05) is 38.6 Å². The van der Waals surface area contributed by atoms with E-state index < -0.39 is 5.54 Å². The van der Waals surface area contributed by atoms with E-state index in [9.17, 15) is 4.79 Å². The number of aromatic nitrogens is 2. The van der Waals surface area contributed by atoms with Crippen LogP contribution in [0.4, 0.5) is 0 Å². The average Bonchev–Trinajstić information content (AvgIpc) is 2.36. The fourth-order valence-electron chi connectivity index (χ4n) is 1.91. The molecule has 1 aromatic rings. The van der Waals surface area contributed by atoms with E-state index in [2.05, 4.69) is 9.97 Å². The van der Waals surface area contributed by atoms with Gasteiger partial charge >= 0.3 is 0 Å². The summed E-state index contributed by atoms with van der Waals surface area (Å²) in [5, 5.41) is 0. The van der Waals surface area contributed by atoms with Gasteiger partial charge in [0.15, 0.2) is 0 Å². The molecule has 100 valence electrons. The molecule has 0 aliphatic carbocycles. The van der Waals surface area contributed by atoms with Crippen LogP contribution in [0.3, 0.4) is 0 Å². The molecule has 0 saturated carbocycles. The Morgan fingerprint density at radius 3 is 2.78 bits per heavy atom. The molecule has 1 heterocycles.